The molecule has 0 amide bonds. The minimum atomic E-state index is -0.342. The number of aliphatic hydroxyl groups excluding tert-OH is 1. The van der Waals surface area contributed by atoms with E-state index in [9.17, 15) is 5.11 Å². The van der Waals surface area contributed by atoms with Crippen LogP contribution in [0.25, 0.3) is 0 Å². The number of hydrogen-bond acceptors (Lipinski definition) is 3. The Hall–Kier alpha value is -0.120. The van der Waals surface area contributed by atoms with Crippen molar-refractivity contribution in [2.45, 2.75) is 50.9 Å². The number of nitrogens with two attached hydrogens (primary N) is 1. The molecular formula is C8H18N2O. The molecule has 66 valence electrons. The van der Waals surface area contributed by atoms with Crippen molar-refractivity contribution in [3.8, 4) is 0 Å². The second-order valence-electron chi connectivity index (χ2n) is 3.36. The Kier molecular flexibility index (Phi) is 3.30. The van der Waals surface area contributed by atoms with Crippen LogP contribution >= 0.6 is 0 Å². The maximum absolute atomic E-state index is 9.25. The Morgan fingerprint density at radius 3 is 2.82 bits per heavy atom. The first-order valence-corrected chi connectivity index (χ1v) is 4.42. The summed E-state index contributed by atoms with van der Waals surface area (Å²) in [7, 11) is 0. The van der Waals surface area contributed by atoms with Crippen molar-refractivity contribution >= 4 is 0 Å². The van der Waals surface area contributed by atoms with Gasteiger partial charge >= 0.3 is 0 Å². The fourth-order valence-corrected chi connectivity index (χ4v) is 1.56. The van der Waals surface area contributed by atoms with Gasteiger partial charge in [0, 0.05) is 12.1 Å². The summed E-state index contributed by atoms with van der Waals surface area (Å²) >= 11 is 0. The summed E-state index contributed by atoms with van der Waals surface area (Å²) < 4.78 is 0. The molecule has 0 heterocycles. The topological polar surface area (TPSA) is 58.3 Å². The van der Waals surface area contributed by atoms with Gasteiger partial charge in [-0.05, 0) is 25.7 Å². The average molecular weight is 158 g/mol. The van der Waals surface area contributed by atoms with Crippen LogP contribution in [0.1, 0.15) is 32.6 Å². The van der Waals surface area contributed by atoms with Crippen LogP contribution in [0.4, 0.5) is 0 Å². The quantitative estimate of drug-likeness (QED) is 0.514. The molecule has 0 aromatic carbocycles. The molecule has 0 aromatic rings. The standard InChI is InChI=1S/C8H18N2O/c1-2-8(11)10-7-4-3-6(9)5-7/h6-8,10-11H,2-5,9H2,1H3/t6-,7+,8?/m1/s1. The first kappa shape index (κ1) is 8.97. The molecule has 0 aliphatic heterocycles. The highest BCUT2D eigenvalue weighted by Gasteiger charge is 2.22. The summed E-state index contributed by atoms with van der Waals surface area (Å²) in [6, 6.07) is 0.788. The maximum Gasteiger partial charge on any atom is 0.104 e. The molecule has 3 heteroatoms. The van der Waals surface area contributed by atoms with Crippen molar-refractivity contribution in [2.24, 2.45) is 5.73 Å². The largest absolute Gasteiger partial charge is 0.379 e. The van der Waals surface area contributed by atoms with Gasteiger partial charge in [0.05, 0.1) is 0 Å². The van der Waals surface area contributed by atoms with Crippen LogP contribution in [0, 0.1) is 0 Å². The smallest absolute Gasteiger partial charge is 0.104 e. The Morgan fingerprint density at radius 2 is 2.36 bits per heavy atom. The van der Waals surface area contributed by atoms with Crippen LogP contribution in [0.3, 0.4) is 0 Å². The van der Waals surface area contributed by atoms with Gasteiger partial charge in [-0.3, -0.25) is 5.32 Å². The number of hydrogen-bond donors (Lipinski definition) is 3. The summed E-state index contributed by atoms with van der Waals surface area (Å²) in [6.45, 7) is 1.96. The zero-order valence-electron chi connectivity index (χ0n) is 7.09. The van der Waals surface area contributed by atoms with E-state index in [4.69, 9.17) is 5.73 Å². The van der Waals surface area contributed by atoms with Gasteiger partial charge in [0.2, 0.25) is 0 Å². The van der Waals surface area contributed by atoms with E-state index in [1.54, 1.807) is 0 Å². The first-order chi connectivity index (χ1) is 5.22. The van der Waals surface area contributed by atoms with E-state index in [0.29, 0.717) is 12.1 Å². The summed E-state index contributed by atoms with van der Waals surface area (Å²) in [5, 5.41) is 12.4. The second kappa shape index (κ2) is 4.04. The second-order valence-corrected chi connectivity index (χ2v) is 3.36. The molecular weight excluding hydrogens is 140 g/mol. The van der Waals surface area contributed by atoms with Crippen molar-refractivity contribution in [1.29, 1.82) is 0 Å². The highest BCUT2D eigenvalue weighted by molar-refractivity contribution is 4.82. The molecule has 1 rings (SSSR count). The predicted molar refractivity (Wildman–Crippen MR) is 45.0 cm³/mol. The van der Waals surface area contributed by atoms with Crippen LogP contribution in [0.15, 0.2) is 0 Å². The van der Waals surface area contributed by atoms with Crippen molar-refractivity contribution < 1.29 is 5.11 Å². The summed E-state index contributed by atoms with van der Waals surface area (Å²) in [6.07, 6.45) is 3.64. The maximum atomic E-state index is 9.25. The fraction of sp³-hybridized carbons (Fsp3) is 1.00. The van der Waals surface area contributed by atoms with Crippen LogP contribution < -0.4 is 11.1 Å². The number of nitrogens with one attached hydrogen (secondary N) is 1. The van der Waals surface area contributed by atoms with Crippen molar-refractivity contribution in [1.82, 2.24) is 5.32 Å². The minimum absolute atomic E-state index is 0.342. The number of rotatable bonds is 3. The Balaban J connectivity index is 2.17. The minimum Gasteiger partial charge on any atom is -0.379 e. The van der Waals surface area contributed by atoms with Gasteiger partial charge in [-0.25, -0.2) is 0 Å². The molecule has 1 fully saturated rings. The molecule has 3 nitrogen and oxygen atoms in total. The van der Waals surface area contributed by atoms with Crippen molar-refractivity contribution in [3.05, 3.63) is 0 Å². The normalized spacial score (nSPS) is 34.1. The highest BCUT2D eigenvalue weighted by atomic mass is 16.3. The molecule has 0 spiro atoms. The summed E-state index contributed by atoms with van der Waals surface area (Å²) in [5.74, 6) is 0. The molecule has 0 radical (unpaired) electrons. The van der Waals surface area contributed by atoms with E-state index in [1.807, 2.05) is 6.92 Å². The third-order valence-corrected chi connectivity index (χ3v) is 2.29. The molecule has 11 heavy (non-hydrogen) atoms. The molecule has 1 aliphatic rings. The van der Waals surface area contributed by atoms with E-state index in [1.165, 1.54) is 0 Å². The van der Waals surface area contributed by atoms with Crippen molar-refractivity contribution in [2.75, 3.05) is 0 Å². The molecule has 0 aromatic heterocycles. The van der Waals surface area contributed by atoms with Gasteiger partial charge in [0.15, 0.2) is 0 Å². The van der Waals surface area contributed by atoms with Crippen LogP contribution in [0.2, 0.25) is 0 Å². The first-order valence-electron chi connectivity index (χ1n) is 4.42. The third kappa shape index (κ3) is 2.77. The van der Waals surface area contributed by atoms with Crippen LogP contribution in [0.5, 0.6) is 0 Å². The lowest BCUT2D eigenvalue weighted by atomic mass is 10.2. The lowest BCUT2D eigenvalue weighted by Crippen LogP contribution is -2.36. The molecule has 3 atom stereocenters. The van der Waals surface area contributed by atoms with Gasteiger partial charge in [0.25, 0.3) is 0 Å². The predicted octanol–water partition coefficient (Wildman–Crippen LogP) is 0.184. The van der Waals surface area contributed by atoms with E-state index in [-0.39, 0.29) is 6.23 Å². The SMILES string of the molecule is CCC(O)N[C@H]1CC[C@@H](N)C1. The lowest BCUT2D eigenvalue weighted by molar-refractivity contribution is 0.118. The highest BCUT2D eigenvalue weighted by Crippen LogP contribution is 2.17. The summed E-state index contributed by atoms with van der Waals surface area (Å²) in [4.78, 5) is 0. The van der Waals surface area contributed by atoms with Gasteiger partial charge in [-0.15, -0.1) is 0 Å². The zero-order valence-corrected chi connectivity index (χ0v) is 7.09. The number of aliphatic hydroxyl groups is 1. The van der Waals surface area contributed by atoms with Gasteiger partial charge in [0.1, 0.15) is 6.23 Å². The lowest BCUT2D eigenvalue weighted by Gasteiger charge is -2.16. The van der Waals surface area contributed by atoms with Gasteiger partial charge in [-0.1, -0.05) is 6.92 Å². The molecule has 0 bridgehead atoms. The van der Waals surface area contributed by atoms with E-state index < -0.39 is 0 Å². The Bertz CT molecular complexity index is 119. The summed E-state index contributed by atoms with van der Waals surface area (Å²) in [5.41, 5.74) is 5.72. The molecule has 1 saturated carbocycles. The van der Waals surface area contributed by atoms with E-state index >= 15 is 0 Å². The van der Waals surface area contributed by atoms with E-state index in [0.717, 1.165) is 25.7 Å². The van der Waals surface area contributed by atoms with Gasteiger partial charge < -0.3 is 10.8 Å². The monoisotopic (exact) mass is 158 g/mol. The van der Waals surface area contributed by atoms with Crippen molar-refractivity contribution in [3.63, 3.8) is 0 Å². The molecule has 1 aliphatic carbocycles. The molecule has 0 saturated heterocycles. The third-order valence-electron chi connectivity index (χ3n) is 2.29. The zero-order chi connectivity index (χ0) is 8.27. The molecule has 1 unspecified atom stereocenters. The average Bonchev–Trinajstić information content (AvgIpc) is 2.35. The Morgan fingerprint density at radius 1 is 1.64 bits per heavy atom. The van der Waals surface area contributed by atoms with Gasteiger partial charge in [-0.2, -0.15) is 0 Å². The van der Waals surface area contributed by atoms with E-state index in [2.05, 4.69) is 5.32 Å². The van der Waals surface area contributed by atoms with Crippen LogP contribution in [-0.2, 0) is 0 Å². The Labute approximate surface area is 68.0 Å². The van der Waals surface area contributed by atoms with Crippen LogP contribution in [-0.4, -0.2) is 23.4 Å². The molecule has 4 N–H and O–H groups in total. The fourth-order valence-electron chi connectivity index (χ4n) is 1.56.